The SMILES string of the molecule is CC(C)C(NC(=O)c1ccc(F)cc1)C(=O)NCc1cccnc1-n1cncn1. The topological polar surface area (TPSA) is 102 Å². The first-order valence-corrected chi connectivity index (χ1v) is 9.08. The van der Waals surface area contributed by atoms with Crippen LogP contribution < -0.4 is 10.6 Å². The van der Waals surface area contributed by atoms with Crippen molar-refractivity contribution in [3.8, 4) is 5.82 Å². The number of halogens is 1. The van der Waals surface area contributed by atoms with Gasteiger partial charge in [0.2, 0.25) is 5.91 Å². The van der Waals surface area contributed by atoms with Crippen LogP contribution in [0.5, 0.6) is 0 Å². The lowest BCUT2D eigenvalue weighted by molar-refractivity contribution is -0.124. The minimum absolute atomic E-state index is 0.150. The van der Waals surface area contributed by atoms with Crippen LogP contribution in [-0.2, 0) is 11.3 Å². The summed E-state index contributed by atoms with van der Waals surface area (Å²) in [6, 6.07) is 7.99. The molecule has 9 heteroatoms. The van der Waals surface area contributed by atoms with Gasteiger partial charge in [0.15, 0.2) is 5.82 Å². The number of hydrogen-bond donors (Lipinski definition) is 2. The molecule has 0 aliphatic carbocycles. The number of amides is 2. The molecule has 3 rings (SSSR count). The van der Waals surface area contributed by atoms with Crippen LogP contribution in [0.3, 0.4) is 0 Å². The van der Waals surface area contributed by atoms with E-state index in [1.807, 2.05) is 19.9 Å². The minimum Gasteiger partial charge on any atom is -0.350 e. The molecule has 1 unspecified atom stereocenters. The van der Waals surface area contributed by atoms with E-state index in [0.29, 0.717) is 5.82 Å². The van der Waals surface area contributed by atoms with E-state index in [9.17, 15) is 14.0 Å². The van der Waals surface area contributed by atoms with Crippen LogP contribution in [0.15, 0.2) is 55.2 Å². The molecule has 0 radical (unpaired) electrons. The summed E-state index contributed by atoms with van der Waals surface area (Å²) in [7, 11) is 0. The maximum absolute atomic E-state index is 13.1. The number of aromatic nitrogens is 4. The maximum atomic E-state index is 13.1. The Bertz CT molecular complexity index is 973. The Morgan fingerprint density at radius 2 is 1.93 bits per heavy atom. The summed E-state index contributed by atoms with van der Waals surface area (Å²) in [6.07, 6.45) is 4.55. The van der Waals surface area contributed by atoms with Crippen LogP contribution in [-0.4, -0.2) is 37.6 Å². The molecule has 0 fully saturated rings. The van der Waals surface area contributed by atoms with Gasteiger partial charge in [0, 0.05) is 23.9 Å². The van der Waals surface area contributed by atoms with Gasteiger partial charge in [-0.1, -0.05) is 19.9 Å². The van der Waals surface area contributed by atoms with Crippen molar-refractivity contribution in [2.45, 2.75) is 26.4 Å². The molecule has 2 N–H and O–H groups in total. The highest BCUT2D eigenvalue weighted by Crippen LogP contribution is 2.11. The van der Waals surface area contributed by atoms with Gasteiger partial charge in [-0.2, -0.15) is 5.10 Å². The Morgan fingerprint density at radius 3 is 2.59 bits per heavy atom. The van der Waals surface area contributed by atoms with Crippen LogP contribution in [0.2, 0.25) is 0 Å². The number of hydrogen-bond acceptors (Lipinski definition) is 5. The van der Waals surface area contributed by atoms with Gasteiger partial charge in [-0.3, -0.25) is 9.59 Å². The molecular weight excluding hydrogens is 375 g/mol. The molecule has 1 atom stereocenters. The summed E-state index contributed by atoms with van der Waals surface area (Å²) in [5.41, 5.74) is 1.03. The first kappa shape index (κ1) is 20.1. The smallest absolute Gasteiger partial charge is 0.251 e. The number of carbonyl (C=O) groups is 2. The fourth-order valence-corrected chi connectivity index (χ4v) is 2.75. The van der Waals surface area contributed by atoms with Crippen molar-refractivity contribution in [1.82, 2.24) is 30.4 Å². The standard InChI is InChI=1S/C20H21FN6O2/c1-13(2)17(26-19(28)14-5-7-16(21)8-6-14)20(29)24-10-15-4-3-9-23-18(15)27-12-22-11-25-27/h3-9,11-13,17H,10H2,1-2H3,(H,24,29)(H,26,28). The largest absolute Gasteiger partial charge is 0.350 e. The van der Waals surface area contributed by atoms with Gasteiger partial charge in [-0.05, 0) is 36.2 Å². The van der Waals surface area contributed by atoms with Crippen molar-refractivity contribution in [2.75, 3.05) is 0 Å². The number of rotatable bonds is 7. The Labute approximate surface area is 167 Å². The van der Waals surface area contributed by atoms with Gasteiger partial charge in [-0.15, -0.1) is 0 Å². The van der Waals surface area contributed by atoms with Crippen molar-refractivity contribution in [3.05, 3.63) is 72.2 Å². The Morgan fingerprint density at radius 1 is 1.17 bits per heavy atom. The van der Waals surface area contributed by atoms with E-state index in [1.54, 1.807) is 12.3 Å². The highest BCUT2D eigenvalue weighted by Gasteiger charge is 2.24. The van der Waals surface area contributed by atoms with E-state index >= 15 is 0 Å². The summed E-state index contributed by atoms with van der Waals surface area (Å²) < 4.78 is 14.6. The number of benzene rings is 1. The second kappa shape index (κ2) is 9.05. The van der Waals surface area contributed by atoms with Gasteiger partial charge in [0.05, 0.1) is 0 Å². The van der Waals surface area contributed by atoms with Crippen molar-refractivity contribution in [2.24, 2.45) is 5.92 Å². The molecular formula is C20H21FN6O2. The fourth-order valence-electron chi connectivity index (χ4n) is 2.75. The minimum atomic E-state index is -0.751. The van der Waals surface area contributed by atoms with E-state index in [1.165, 1.54) is 41.6 Å². The summed E-state index contributed by atoms with van der Waals surface area (Å²) >= 11 is 0. The second-order valence-electron chi connectivity index (χ2n) is 6.75. The monoisotopic (exact) mass is 396 g/mol. The van der Waals surface area contributed by atoms with Crippen molar-refractivity contribution in [3.63, 3.8) is 0 Å². The molecule has 0 aliphatic heterocycles. The predicted octanol–water partition coefficient (Wildman–Crippen LogP) is 1.87. The first-order chi connectivity index (χ1) is 14.0. The molecule has 29 heavy (non-hydrogen) atoms. The molecule has 0 saturated carbocycles. The van der Waals surface area contributed by atoms with Gasteiger partial charge in [-0.25, -0.2) is 19.0 Å². The molecule has 2 heterocycles. The zero-order chi connectivity index (χ0) is 20.8. The van der Waals surface area contributed by atoms with E-state index < -0.39 is 17.8 Å². The molecule has 8 nitrogen and oxygen atoms in total. The highest BCUT2D eigenvalue weighted by atomic mass is 19.1. The van der Waals surface area contributed by atoms with Crippen molar-refractivity contribution < 1.29 is 14.0 Å². The lowest BCUT2D eigenvalue weighted by Gasteiger charge is -2.22. The number of nitrogens with zero attached hydrogens (tertiary/aromatic N) is 4. The molecule has 1 aromatic carbocycles. The molecule has 2 amide bonds. The van der Waals surface area contributed by atoms with Crippen LogP contribution in [0, 0.1) is 11.7 Å². The van der Waals surface area contributed by atoms with E-state index in [-0.39, 0.29) is 23.9 Å². The summed E-state index contributed by atoms with van der Waals surface area (Å²) in [5.74, 6) is -0.795. The van der Waals surface area contributed by atoms with Gasteiger partial charge < -0.3 is 10.6 Å². The van der Waals surface area contributed by atoms with Crippen LogP contribution in [0.25, 0.3) is 5.82 Å². The molecule has 0 spiro atoms. The van der Waals surface area contributed by atoms with Crippen molar-refractivity contribution in [1.29, 1.82) is 0 Å². The first-order valence-electron chi connectivity index (χ1n) is 9.08. The van der Waals surface area contributed by atoms with Gasteiger partial charge >= 0.3 is 0 Å². The Hall–Kier alpha value is -3.62. The highest BCUT2D eigenvalue weighted by molar-refractivity contribution is 5.97. The maximum Gasteiger partial charge on any atom is 0.251 e. The fraction of sp³-hybridized carbons (Fsp3) is 0.250. The number of carbonyl (C=O) groups excluding carboxylic acids is 2. The van der Waals surface area contributed by atoms with Gasteiger partial charge in [0.25, 0.3) is 5.91 Å². The second-order valence-corrected chi connectivity index (χ2v) is 6.75. The van der Waals surface area contributed by atoms with Crippen molar-refractivity contribution >= 4 is 11.8 Å². The lowest BCUT2D eigenvalue weighted by Crippen LogP contribution is -2.49. The third-order valence-corrected chi connectivity index (χ3v) is 4.30. The molecule has 0 saturated heterocycles. The third-order valence-electron chi connectivity index (χ3n) is 4.30. The predicted molar refractivity (Wildman–Crippen MR) is 103 cm³/mol. The zero-order valence-corrected chi connectivity index (χ0v) is 16.0. The van der Waals surface area contributed by atoms with E-state index in [4.69, 9.17) is 0 Å². The normalized spacial score (nSPS) is 11.9. The average molecular weight is 396 g/mol. The van der Waals surface area contributed by atoms with E-state index in [0.717, 1.165) is 5.56 Å². The van der Waals surface area contributed by atoms with Crippen LogP contribution in [0.4, 0.5) is 4.39 Å². The zero-order valence-electron chi connectivity index (χ0n) is 16.0. The molecule has 2 aromatic heterocycles. The summed E-state index contributed by atoms with van der Waals surface area (Å²) in [6.45, 7) is 3.87. The molecule has 0 bridgehead atoms. The van der Waals surface area contributed by atoms with E-state index in [2.05, 4.69) is 25.7 Å². The lowest BCUT2D eigenvalue weighted by atomic mass is 10.0. The molecule has 150 valence electrons. The third kappa shape index (κ3) is 5.01. The molecule has 0 aliphatic rings. The Kier molecular flexibility index (Phi) is 6.28. The Balaban J connectivity index is 1.68. The quantitative estimate of drug-likeness (QED) is 0.635. The van der Waals surface area contributed by atoms with Crippen LogP contribution >= 0.6 is 0 Å². The van der Waals surface area contributed by atoms with Crippen LogP contribution in [0.1, 0.15) is 29.8 Å². The summed E-state index contributed by atoms with van der Waals surface area (Å²) in [4.78, 5) is 33.3. The average Bonchev–Trinajstić information content (AvgIpc) is 3.25. The molecule has 3 aromatic rings. The van der Waals surface area contributed by atoms with Gasteiger partial charge in [0.1, 0.15) is 24.5 Å². The summed E-state index contributed by atoms with van der Waals surface area (Å²) in [5, 5.41) is 9.61. The number of nitrogens with one attached hydrogen (secondary N) is 2. The number of pyridine rings is 1.